The summed E-state index contributed by atoms with van der Waals surface area (Å²) in [7, 11) is 0. The normalized spacial score (nSPS) is 28.9. The molecule has 3 aliphatic rings. The molecule has 118 valence electrons. The number of carbonyl (C=O) groups excluding carboxylic acids is 4. The lowest BCUT2D eigenvalue weighted by Crippen LogP contribution is -2.41. The Morgan fingerprint density at radius 3 is 2.26 bits per heavy atom. The predicted molar refractivity (Wildman–Crippen MR) is 75.1 cm³/mol. The summed E-state index contributed by atoms with van der Waals surface area (Å²) in [5.74, 6) is -1.34. The van der Waals surface area contributed by atoms with Gasteiger partial charge in [0, 0.05) is 0 Å². The predicted octanol–water partition coefficient (Wildman–Crippen LogP) is 0.249. The van der Waals surface area contributed by atoms with E-state index in [-0.39, 0.29) is 19.2 Å². The van der Waals surface area contributed by atoms with Crippen LogP contribution in [0.2, 0.25) is 0 Å². The summed E-state index contributed by atoms with van der Waals surface area (Å²) in [6.45, 7) is 2.09. The highest BCUT2D eigenvalue weighted by Gasteiger charge is 2.60. The smallest absolute Gasteiger partial charge is 0.416 e. The number of imide groups is 2. The van der Waals surface area contributed by atoms with Crippen molar-refractivity contribution < 1.29 is 23.9 Å². The Bertz CT molecular complexity index is 726. The fourth-order valence-electron chi connectivity index (χ4n) is 3.10. The minimum absolute atomic E-state index is 0.165. The van der Waals surface area contributed by atoms with Gasteiger partial charge in [0.2, 0.25) is 0 Å². The Hall–Kier alpha value is -2.74. The summed E-state index contributed by atoms with van der Waals surface area (Å²) in [6.07, 6.45) is -0.684. The van der Waals surface area contributed by atoms with Crippen LogP contribution < -0.4 is 0 Å². The third-order valence-corrected chi connectivity index (χ3v) is 4.35. The molecule has 2 fully saturated rings. The molecule has 4 rings (SSSR count). The van der Waals surface area contributed by atoms with Crippen molar-refractivity contribution in [1.29, 1.82) is 0 Å². The lowest BCUT2D eigenvalue weighted by molar-refractivity contribution is -0.128. The van der Waals surface area contributed by atoms with Gasteiger partial charge >= 0.3 is 6.09 Å². The average Bonchev–Trinajstić information content (AvgIpc) is 2.89. The minimum atomic E-state index is -0.706. The van der Waals surface area contributed by atoms with E-state index < -0.39 is 29.9 Å². The van der Waals surface area contributed by atoms with Crippen LogP contribution in [0, 0.1) is 0 Å². The summed E-state index contributed by atoms with van der Waals surface area (Å²) in [5.41, 5.74) is 0.645. The highest BCUT2D eigenvalue weighted by Crippen LogP contribution is 2.37. The maximum atomic E-state index is 12.4. The lowest BCUT2D eigenvalue weighted by Gasteiger charge is -2.17. The lowest BCUT2D eigenvalue weighted by atomic mass is 10.1. The molecule has 4 amide bonds. The van der Waals surface area contributed by atoms with Crippen molar-refractivity contribution in [2.24, 2.45) is 0 Å². The number of hydrogen-bond donors (Lipinski definition) is 0. The first-order chi connectivity index (χ1) is 11.0. The van der Waals surface area contributed by atoms with Gasteiger partial charge in [0.05, 0.1) is 23.7 Å². The van der Waals surface area contributed by atoms with E-state index in [1.54, 1.807) is 31.2 Å². The van der Waals surface area contributed by atoms with Crippen molar-refractivity contribution in [3.8, 4) is 0 Å². The van der Waals surface area contributed by atoms with E-state index in [9.17, 15) is 19.2 Å². The Morgan fingerprint density at radius 1 is 1.13 bits per heavy atom. The van der Waals surface area contributed by atoms with Gasteiger partial charge in [-0.2, -0.15) is 5.01 Å². The first-order valence-electron chi connectivity index (χ1n) is 7.26. The van der Waals surface area contributed by atoms with Gasteiger partial charge in [-0.05, 0) is 19.1 Å². The standard InChI is InChI=1S/C15H13N3O5/c1-8-11(14(21)16-6-7-23-15(16)22)17(8)18-12(19)9-4-2-3-5-10(9)13(18)20/h2-5,8,11H,6-7H2,1H3. The third kappa shape index (κ3) is 1.81. The Morgan fingerprint density at radius 2 is 1.74 bits per heavy atom. The molecule has 0 bridgehead atoms. The van der Waals surface area contributed by atoms with Crippen LogP contribution in [-0.2, 0) is 9.53 Å². The molecule has 8 nitrogen and oxygen atoms in total. The number of fused-ring (bicyclic) bond motifs is 1. The Labute approximate surface area is 131 Å². The molecule has 1 aromatic carbocycles. The molecule has 0 saturated carbocycles. The summed E-state index contributed by atoms with van der Waals surface area (Å²) >= 11 is 0. The number of cyclic esters (lactones) is 1. The van der Waals surface area contributed by atoms with E-state index in [2.05, 4.69) is 0 Å². The number of benzene rings is 1. The maximum Gasteiger partial charge on any atom is 0.416 e. The van der Waals surface area contributed by atoms with Gasteiger partial charge in [0.25, 0.3) is 17.7 Å². The molecular formula is C15H13N3O5. The van der Waals surface area contributed by atoms with Gasteiger partial charge in [-0.1, -0.05) is 12.1 Å². The van der Waals surface area contributed by atoms with E-state index in [4.69, 9.17) is 4.74 Å². The zero-order valence-electron chi connectivity index (χ0n) is 12.3. The van der Waals surface area contributed by atoms with Gasteiger partial charge in [-0.15, -0.1) is 0 Å². The van der Waals surface area contributed by atoms with Crippen LogP contribution >= 0.6 is 0 Å². The molecule has 3 heterocycles. The molecule has 0 aromatic heterocycles. The Kier molecular flexibility index (Phi) is 2.79. The number of rotatable bonds is 2. The van der Waals surface area contributed by atoms with E-state index in [0.717, 1.165) is 9.91 Å². The SMILES string of the molecule is CC1C(C(=O)N2CCOC2=O)N1N1C(=O)c2ccccc2C1=O. The second kappa shape index (κ2) is 4.63. The van der Waals surface area contributed by atoms with Crippen molar-refractivity contribution in [1.82, 2.24) is 14.9 Å². The van der Waals surface area contributed by atoms with Crippen LogP contribution in [0.3, 0.4) is 0 Å². The second-order valence-corrected chi connectivity index (χ2v) is 5.64. The van der Waals surface area contributed by atoms with E-state index in [1.165, 1.54) is 5.01 Å². The van der Waals surface area contributed by atoms with Crippen molar-refractivity contribution in [3.05, 3.63) is 35.4 Å². The van der Waals surface area contributed by atoms with E-state index >= 15 is 0 Å². The number of amides is 4. The van der Waals surface area contributed by atoms with Crippen LogP contribution in [0.25, 0.3) is 0 Å². The summed E-state index contributed by atoms with van der Waals surface area (Å²) in [5, 5.41) is 2.41. The van der Waals surface area contributed by atoms with E-state index in [1.807, 2.05) is 0 Å². The number of hydrazine groups is 1. The molecule has 23 heavy (non-hydrogen) atoms. The number of carbonyl (C=O) groups is 4. The summed E-state index contributed by atoms with van der Waals surface area (Å²) < 4.78 is 4.75. The topological polar surface area (TPSA) is 87.0 Å². The molecule has 2 saturated heterocycles. The quantitative estimate of drug-likeness (QED) is 0.574. The molecule has 8 heteroatoms. The molecule has 1 aromatic rings. The van der Waals surface area contributed by atoms with Crippen LogP contribution in [0.5, 0.6) is 0 Å². The van der Waals surface area contributed by atoms with E-state index in [0.29, 0.717) is 11.1 Å². The largest absolute Gasteiger partial charge is 0.447 e. The van der Waals surface area contributed by atoms with Crippen molar-refractivity contribution >= 4 is 23.8 Å². The minimum Gasteiger partial charge on any atom is -0.447 e. The van der Waals surface area contributed by atoms with Crippen LogP contribution in [0.1, 0.15) is 27.6 Å². The first-order valence-corrected chi connectivity index (χ1v) is 7.26. The van der Waals surface area contributed by atoms with Gasteiger partial charge in [-0.25, -0.2) is 14.7 Å². The van der Waals surface area contributed by atoms with Gasteiger partial charge in [-0.3, -0.25) is 14.4 Å². The van der Waals surface area contributed by atoms with Crippen LogP contribution in [0.4, 0.5) is 4.79 Å². The zero-order valence-corrected chi connectivity index (χ0v) is 12.3. The molecule has 0 radical (unpaired) electrons. The third-order valence-electron chi connectivity index (χ3n) is 4.35. The van der Waals surface area contributed by atoms with Crippen molar-refractivity contribution in [2.45, 2.75) is 19.0 Å². The molecule has 3 atom stereocenters. The maximum absolute atomic E-state index is 12.4. The van der Waals surface area contributed by atoms with Crippen molar-refractivity contribution in [3.63, 3.8) is 0 Å². The van der Waals surface area contributed by atoms with Crippen LogP contribution in [0.15, 0.2) is 24.3 Å². The highest BCUT2D eigenvalue weighted by molar-refractivity contribution is 6.21. The summed E-state index contributed by atoms with van der Waals surface area (Å²) in [6, 6.07) is 5.49. The second-order valence-electron chi connectivity index (χ2n) is 5.64. The fraction of sp³-hybridized carbons (Fsp3) is 0.333. The molecular weight excluding hydrogens is 302 g/mol. The molecule has 3 unspecified atom stereocenters. The van der Waals surface area contributed by atoms with Gasteiger partial charge in [0.1, 0.15) is 12.6 Å². The average molecular weight is 315 g/mol. The molecule has 0 spiro atoms. The number of ether oxygens (including phenoxy) is 1. The monoisotopic (exact) mass is 315 g/mol. The van der Waals surface area contributed by atoms with Gasteiger partial charge in [0.15, 0.2) is 0 Å². The zero-order chi connectivity index (χ0) is 16.3. The molecule has 3 aliphatic heterocycles. The highest BCUT2D eigenvalue weighted by atomic mass is 16.6. The fourth-order valence-corrected chi connectivity index (χ4v) is 3.10. The number of nitrogens with zero attached hydrogens (tertiary/aromatic N) is 3. The number of hydrogen-bond acceptors (Lipinski definition) is 6. The Balaban J connectivity index is 1.59. The van der Waals surface area contributed by atoms with Gasteiger partial charge < -0.3 is 4.74 Å². The molecule has 0 aliphatic carbocycles. The van der Waals surface area contributed by atoms with Crippen molar-refractivity contribution in [2.75, 3.05) is 13.2 Å². The first kappa shape index (κ1) is 13.9. The molecule has 0 N–H and O–H groups in total. The summed E-state index contributed by atoms with van der Waals surface area (Å²) in [4.78, 5) is 49.8. The van der Waals surface area contributed by atoms with Crippen LogP contribution in [-0.4, -0.2) is 64.0 Å².